The third-order valence-electron chi connectivity index (χ3n) is 6.85. The Balaban J connectivity index is 1.34. The van der Waals surface area contributed by atoms with Crippen molar-refractivity contribution in [1.29, 1.82) is 0 Å². The van der Waals surface area contributed by atoms with Crippen molar-refractivity contribution in [2.75, 3.05) is 35.6 Å². The first-order valence-electron chi connectivity index (χ1n) is 11.0. The monoisotopic (exact) mass is 474 g/mol. The number of alkyl halides is 3. The van der Waals surface area contributed by atoms with Gasteiger partial charge in [-0.25, -0.2) is 19.9 Å². The topological polar surface area (TPSA) is 128 Å². The number of hydrogen-bond acceptors (Lipinski definition) is 9. The van der Waals surface area contributed by atoms with Crippen LogP contribution in [0.5, 0.6) is 0 Å². The Labute approximate surface area is 193 Å². The molecule has 0 radical (unpaired) electrons. The standard InChI is InChI=1S/C22H25F3N8O/c1-12-18(26)21(11-34-12)5-8-33(9-6-21)16-10-29-20-14(31-16)2-3-15(32-20)30-13-4-7-28-19(27)17(13)22(23,24)25/h2-4,7,10,12,18H,5-6,8-9,11,26H2,1H3,(H3,27,28,29,30,32)/t12-,18+/m0/s1. The van der Waals surface area contributed by atoms with Crippen LogP contribution < -0.4 is 21.7 Å². The quantitative estimate of drug-likeness (QED) is 0.524. The number of halogens is 3. The number of fused-ring (bicyclic) bond motifs is 1. The Morgan fingerprint density at radius 3 is 2.59 bits per heavy atom. The average molecular weight is 474 g/mol. The molecule has 0 saturated carbocycles. The second-order valence-electron chi connectivity index (χ2n) is 8.90. The van der Waals surface area contributed by atoms with Crippen LogP contribution >= 0.6 is 0 Å². The van der Waals surface area contributed by atoms with Crippen molar-refractivity contribution in [3.05, 3.63) is 36.2 Å². The summed E-state index contributed by atoms with van der Waals surface area (Å²) in [5, 5.41) is 2.67. The van der Waals surface area contributed by atoms with Crippen LogP contribution in [0.15, 0.2) is 30.6 Å². The third kappa shape index (κ3) is 3.96. The fraction of sp³-hybridized carbons (Fsp3) is 0.455. The minimum atomic E-state index is -4.66. The van der Waals surface area contributed by atoms with Gasteiger partial charge < -0.3 is 26.4 Å². The van der Waals surface area contributed by atoms with E-state index >= 15 is 0 Å². The fourth-order valence-corrected chi connectivity index (χ4v) is 4.79. The number of hydrogen-bond donors (Lipinski definition) is 3. The molecule has 1 spiro atoms. The molecule has 2 aliphatic heterocycles. The zero-order chi connectivity index (χ0) is 24.1. The number of rotatable bonds is 3. The molecule has 9 nitrogen and oxygen atoms in total. The van der Waals surface area contributed by atoms with Crippen molar-refractivity contribution < 1.29 is 17.9 Å². The van der Waals surface area contributed by atoms with Crippen LogP contribution in [0.3, 0.4) is 0 Å². The molecule has 2 atom stereocenters. The summed E-state index contributed by atoms with van der Waals surface area (Å²) in [6.45, 7) is 4.29. The van der Waals surface area contributed by atoms with Crippen LogP contribution in [-0.4, -0.2) is 51.8 Å². The van der Waals surface area contributed by atoms with E-state index in [2.05, 4.69) is 30.2 Å². The van der Waals surface area contributed by atoms with Gasteiger partial charge in [0, 0.05) is 30.7 Å². The van der Waals surface area contributed by atoms with Gasteiger partial charge in [0.05, 0.1) is 24.6 Å². The first-order chi connectivity index (χ1) is 16.2. The zero-order valence-corrected chi connectivity index (χ0v) is 18.5. The summed E-state index contributed by atoms with van der Waals surface area (Å²) in [7, 11) is 0. The number of nitrogens with one attached hydrogen (secondary N) is 1. The number of ether oxygens (including phenoxy) is 1. The summed E-state index contributed by atoms with van der Waals surface area (Å²) in [5.41, 5.74) is 11.5. The number of anilines is 4. The Bertz CT molecular complexity index is 1210. The molecule has 34 heavy (non-hydrogen) atoms. The van der Waals surface area contributed by atoms with Gasteiger partial charge >= 0.3 is 6.18 Å². The molecule has 2 aliphatic rings. The first-order valence-corrected chi connectivity index (χ1v) is 11.0. The van der Waals surface area contributed by atoms with E-state index in [1.165, 1.54) is 12.3 Å². The van der Waals surface area contributed by atoms with Crippen molar-refractivity contribution in [3.63, 3.8) is 0 Å². The summed E-state index contributed by atoms with van der Waals surface area (Å²) < 4.78 is 46.0. The Morgan fingerprint density at radius 2 is 1.91 bits per heavy atom. The number of nitrogens with two attached hydrogens (primary N) is 2. The maximum absolute atomic E-state index is 13.4. The van der Waals surface area contributed by atoms with Crippen molar-refractivity contribution in [2.45, 2.75) is 38.1 Å². The summed E-state index contributed by atoms with van der Waals surface area (Å²) in [6, 6.07) is 4.46. The number of pyridine rings is 2. The highest BCUT2D eigenvalue weighted by Crippen LogP contribution is 2.42. The van der Waals surface area contributed by atoms with E-state index in [0.29, 0.717) is 17.8 Å². The van der Waals surface area contributed by atoms with Gasteiger partial charge in [0.15, 0.2) is 5.65 Å². The molecule has 2 fully saturated rings. The minimum Gasteiger partial charge on any atom is -0.383 e. The minimum absolute atomic E-state index is 0.00788. The Kier molecular flexibility index (Phi) is 5.44. The van der Waals surface area contributed by atoms with E-state index in [0.717, 1.165) is 31.7 Å². The van der Waals surface area contributed by atoms with Crippen LogP contribution in [0.2, 0.25) is 0 Å². The highest BCUT2D eigenvalue weighted by molar-refractivity contribution is 5.76. The van der Waals surface area contributed by atoms with Crippen LogP contribution in [0.4, 0.5) is 36.3 Å². The lowest BCUT2D eigenvalue weighted by Gasteiger charge is -2.41. The van der Waals surface area contributed by atoms with Crippen LogP contribution in [0.25, 0.3) is 11.2 Å². The fourth-order valence-electron chi connectivity index (χ4n) is 4.79. The molecule has 12 heteroatoms. The zero-order valence-electron chi connectivity index (χ0n) is 18.5. The second-order valence-corrected chi connectivity index (χ2v) is 8.90. The van der Waals surface area contributed by atoms with E-state index in [4.69, 9.17) is 16.2 Å². The average Bonchev–Trinajstić information content (AvgIpc) is 3.07. The molecule has 3 aromatic heterocycles. The number of aromatic nitrogens is 4. The van der Waals surface area contributed by atoms with E-state index in [1.807, 2.05) is 6.92 Å². The van der Waals surface area contributed by atoms with Gasteiger partial charge in [-0.15, -0.1) is 0 Å². The highest BCUT2D eigenvalue weighted by atomic mass is 19.4. The lowest BCUT2D eigenvalue weighted by atomic mass is 9.73. The molecular weight excluding hydrogens is 449 g/mol. The Hall–Kier alpha value is -3.25. The van der Waals surface area contributed by atoms with Gasteiger partial charge in [-0.1, -0.05) is 0 Å². The predicted octanol–water partition coefficient (Wildman–Crippen LogP) is 3.10. The summed E-state index contributed by atoms with van der Waals surface area (Å²) in [5.74, 6) is 0.312. The second kappa shape index (κ2) is 8.20. The largest absolute Gasteiger partial charge is 0.421 e. The molecule has 5 N–H and O–H groups in total. The third-order valence-corrected chi connectivity index (χ3v) is 6.85. The van der Waals surface area contributed by atoms with Gasteiger partial charge in [0.25, 0.3) is 0 Å². The maximum Gasteiger partial charge on any atom is 0.421 e. The lowest BCUT2D eigenvalue weighted by Crippen LogP contribution is -2.50. The molecule has 5 rings (SSSR count). The lowest BCUT2D eigenvalue weighted by molar-refractivity contribution is -0.136. The smallest absolute Gasteiger partial charge is 0.383 e. The predicted molar refractivity (Wildman–Crippen MR) is 122 cm³/mol. The van der Waals surface area contributed by atoms with Crippen molar-refractivity contribution in [3.8, 4) is 0 Å². The molecule has 2 saturated heterocycles. The Morgan fingerprint density at radius 1 is 1.15 bits per heavy atom. The van der Waals surface area contributed by atoms with E-state index in [-0.39, 0.29) is 29.1 Å². The normalized spacial score (nSPS) is 22.4. The van der Waals surface area contributed by atoms with Gasteiger partial charge in [-0.05, 0) is 38.0 Å². The molecule has 0 amide bonds. The van der Waals surface area contributed by atoms with Gasteiger partial charge in [0.1, 0.15) is 28.5 Å². The summed E-state index contributed by atoms with van der Waals surface area (Å²) in [6.07, 6.45) is 0.0685. The molecular formula is C22H25F3N8O. The van der Waals surface area contributed by atoms with Crippen LogP contribution in [0.1, 0.15) is 25.3 Å². The van der Waals surface area contributed by atoms with Crippen LogP contribution in [-0.2, 0) is 10.9 Å². The molecule has 180 valence electrons. The van der Waals surface area contributed by atoms with E-state index < -0.39 is 17.6 Å². The van der Waals surface area contributed by atoms with Gasteiger partial charge in [0.2, 0.25) is 0 Å². The summed E-state index contributed by atoms with van der Waals surface area (Å²) in [4.78, 5) is 19.1. The maximum atomic E-state index is 13.4. The number of nitrogen functional groups attached to an aromatic ring is 1. The molecule has 0 aromatic carbocycles. The number of piperidine rings is 1. The first kappa shape index (κ1) is 22.5. The van der Waals surface area contributed by atoms with E-state index in [9.17, 15) is 13.2 Å². The SMILES string of the molecule is C[C@@H]1OCC2(CCN(c3cnc4nc(Nc5ccnc(N)c5C(F)(F)F)ccc4n3)CC2)[C@@H]1N. The molecule has 3 aromatic rings. The number of nitrogens with zero attached hydrogens (tertiary/aromatic N) is 5. The van der Waals surface area contributed by atoms with Crippen molar-refractivity contribution in [2.24, 2.45) is 11.1 Å². The highest BCUT2D eigenvalue weighted by Gasteiger charge is 2.47. The molecule has 0 aliphatic carbocycles. The van der Waals surface area contributed by atoms with Gasteiger partial charge in [-0.2, -0.15) is 13.2 Å². The molecule has 0 unspecified atom stereocenters. The van der Waals surface area contributed by atoms with E-state index in [1.54, 1.807) is 18.3 Å². The molecule has 0 bridgehead atoms. The van der Waals surface area contributed by atoms with Crippen molar-refractivity contribution in [1.82, 2.24) is 19.9 Å². The van der Waals surface area contributed by atoms with Crippen molar-refractivity contribution >= 4 is 34.3 Å². The molecule has 5 heterocycles. The van der Waals surface area contributed by atoms with Gasteiger partial charge in [-0.3, -0.25) is 0 Å². The van der Waals surface area contributed by atoms with Crippen LogP contribution in [0, 0.1) is 5.41 Å². The summed E-state index contributed by atoms with van der Waals surface area (Å²) >= 11 is 0.